The maximum atomic E-state index is 14.0. The Labute approximate surface area is 225 Å². The van der Waals surface area contributed by atoms with E-state index < -0.39 is 24.0 Å². The van der Waals surface area contributed by atoms with Crippen LogP contribution in [0.3, 0.4) is 0 Å². The lowest BCUT2D eigenvalue weighted by molar-refractivity contribution is -0.150. The number of phenolic OH excluding ortho intramolecular Hbond substituents is 4. The molecule has 0 saturated carbocycles. The molecule has 3 aromatic rings. The molecule has 0 saturated heterocycles. The highest BCUT2D eigenvalue weighted by Gasteiger charge is 2.43. The van der Waals surface area contributed by atoms with E-state index in [1.165, 1.54) is 29.2 Å². The maximum Gasteiger partial charge on any atom is 0.329 e. The molecule has 0 spiro atoms. The van der Waals surface area contributed by atoms with Crippen LogP contribution in [0.5, 0.6) is 23.0 Å². The van der Waals surface area contributed by atoms with Gasteiger partial charge < -0.3 is 30.1 Å². The van der Waals surface area contributed by atoms with Gasteiger partial charge in [-0.3, -0.25) is 4.79 Å². The molecule has 3 aromatic carbocycles. The van der Waals surface area contributed by atoms with Gasteiger partial charge in [0, 0.05) is 6.42 Å². The second-order valence-corrected chi connectivity index (χ2v) is 9.78. The van der Waals surface area contributed by atoms with Crippen LogP contribution in [0.2, 0.25) is 5.02 Å². The predicted octanol–water partition coefficient (Wildman–Crippen LogP) is 5.25. The average Bonchev–Trinajstić information content (AvgIpc) is 2.89. The fraction of sp³-hybridized carbons (Fsp3) is 0.310. The Bertz CT molecular complexity index is 1340. The summed E-state index contributed by atoms with van der Waals surface area (Å²) in [5.74, 6) is -2.42. The van der Waals surface area contributed by atoms with Crippen LogP contribution in [0.1, 0.15) is 59.3 Å². The molecule has 0 bridgehead atoms. The first-order valence-corrected chi connectivity index (χ1v) is 12.9. The Morgan fingerprint density at radius 2 is 1.66 bits per heavy atom. The molecule has 4 rings (SSSR count). The third-order valence-corrected chi connectivity index (χ3v) is 7.08. The van der Waals surface area contributed by atoms with Crippen LogP contribution in [0, 0.1) is 0 Å². The largest absolute Gasteiger partial charge is 0.504 e. The van der Waals surface area contributed by atoms with Crippen molar-refractivity contribution in [1.82, 2.24) is 4.90 Å². The van der Waals surface area contributed by atoms with Crippen molar-refractivity contribution in [3.05, 3.63) is 81.9 Å². The standard InChI is InChI=1S/C29H30ClNO7/c1-2-3-6-11-38-29(37)23-14-18-15-26(34)27(35)16-20(18)22(12-17-9-10-24(32)25(33)13-17)31(23)28(36)19-7-4-5-8-21(19)30/h4-5,7-10,13,15-16,22-23,32-35H,2-3,6,11-12,14H2,1H3/t22-,23-/m0/s1. The number of hydrogen-bond acceptors (Lipinski definition) is 7. The molecule has 1 aliphatic heterocycles. The second kappa shape index (κ2) is 11.6. The number of rotatable bonds is 8. The quantitative estimate of drug-likeness (QED) is 0.175. The number of halogens is 1. The molecule has 1 aliphatic rings. The van der Waals surface area contributed by atoms with Crippen molar-refractivity contribution in [2.45, 2.75) is 51.1 Å². The lowest BCUT2D eigenvalue weighted by atomic mass is 9.84. The van der Waals surface area contributed by atoms with Crippen molar-refractivity contribution in [2.75, 3.05) is 6.61 Å². The van der Waals surface area contributed by atoms with Gasteiger partial charge in [0.05, 0.1) is 23.2 Å². The number of esters is 1. The van der Waals surface area contributed by atoms with Gasteiger partial charge >= 0.3 is 5.97 Å². The van der Waals surface area contributed by atoms with Crippen molar-refractivity contribution < 1.29 is 34.8 Å². The summed E-state index contributed by atoms with van der Waals surface area (Å²) in [5.41, 5.74) is 1.87. The number of nitrogens with zero attached hydrogens (tertiary/aromatic N) is 1. The van der Waals surface area contributed by atoms with E-state index in [1.807, 2.05) is 6.92 Å². The summed E-state index contributed by atoms with van der Waals surface area (Å²) < 4.78 is 5.58. The van der Waals surface area contributed by atoms with Gasteiger partial charge in [0.25, 0.3) is 5.91 Å². The van der Waals surface area contributed by atoms with Crippen LogP contribution in [0.15, 0.2) is 54.6 Å². The number of carbonyl (C=O) groups excluding carboxylic acids is 2. The number of carbonyl (C=O) groups is 2. The minimum atomic E-state index is -1.03. The number of unbranched alkanes of at least 4 members (excludes halogenated alkanes) is 2. The Kier molecular flexibility index (Phi) is 8.32. The number of amides is 1. The molecule has 38 heavy (non-hydrogen) atoms. The molecule has 0 fully saturated rings. The molecule has 200 valence electrons. The Morgan fingerprint density at radius 3 is 2.37 bits per heavy atom. The van der Waals surface area contributed by atoms with Crippen LogP contribution in [-0.4, -0.2) is 49.9 Å². The first-order valence-electron chi connectivity index (χ1n) is 12.5. The zero-order chi connectivity index (χ0) is 27.4. The second-order valence-electron chi connectivity index (χ2n) is 9.37. The van der Waals surface area contributed by atoms with Crippen molar-refractivity contribution >= 4 is 23.5 Å². The number of aromatic hydroxyl groups is 4. The van der Waals surface area contributed by atoms with Gasteiger partial charge in [-0.2, -0.15) is 0 Å². The van der Waals surface area contributed by atoms with Gasteiger partial charge in [-0.25, -0.2) is 4.79 Å². The smallest absolute Gasteiger partial charge is 0.329 e. The first kappa shape index (κ1) is 27.1. The van der Waals surface area contributed by atoms with Crippen molar-refractivity contribution in [1.29, 1.82) is 0 Å². The highest BCUT2D eigenvalue weighted by Crippen LogP contribution is 2.42. The molecule has 1 amide bonds. The molecule has 0 unspecified atom stereocenters. The van der Waals surface area contributed by atoms with Gasteiger partial charge in [-0.1, -0.05) is 49.6 Å². The molecule has 1 heterocycles. The van der Waals surface area contributed by atoms with Crippen LogP contribution >= 0.6 is 11.6 Å². The third kappa shape index (κ3) is 5.65. The lowest BCUT2D eigenvalue weighted by Gasteiger charge is -2.42. The van der Waals surface area contributed by atoms with E-state index in [9.17, 15) is 30.0 Å². The lowest BCUT2D eigenvalue weighted by Crippen LogP contribution is -2.52. The zero-order valence-electron chi connectivity index (χ0n) is 20.9. The summed E-state index contributed by atoms with van der Waals surface area (Å²) in [5, 5.41) is 40.6. The third-order valence-electron chi connectivity index (χ3n) is 6.75. The van der Waals surface area contributed by atoms with Crippen LogP contribution in [0.4, 0.5) is 0 Å². The summed E-state index contributed by atoms with van der Waals surface area (Å²) >= 11 is 6.38. The van der Waals surface area contributed by atoms with Crippen molar-refractivity contribution in [3.8, 4) is 23.0 Å². The van der Waals surface area contributed by atoms with Crippen LogP contribution in [0.25, 0.3) is 0 Å². The molecule has 8 nitrogen and oxygen atoms in total. The first-order chi connectivity index (χ1) is 18.2. The normalized spacial score (nSPS) is 16.6. The van der Waals surface area contributed by atoms with Gasteiger partial charge in [-0.15, -0.1) is 0 Å². The SMILES string of the molecule is CCCCCOC(=O)[C@@H]1Cc2cc(O)c(O)cc2[C@H](Cc2ccc(O)c(O)c2)N1C(=O)c1ccccc1Cl. The van der Waals surface area contributed by atoms with E-state index in [0.29, 0.717) is 23.1 Å². The van der Waals surface area contributed by atoms with E-state index in [-0.39, 0.29) is 53.0 Å². The predicted molar refractivity (Wildman–Crippen MR) is 142 cm³/mol. The van der Waals surface area contributed by atoms with Gasteiger partial charge in [-0.05, 0) is 65.9 Å². The molecule has 0 aliphatic carbocycles. The van der Waals surface area contributed by atoms with E-state index in [4.69, 9.17) is 16.3 Å². The Balaban J connectivity index is 1.83. The summed E-state index contributed by atoms with van der Waals surface area (Å²) in [6.07, 6.45) is 2.72. The average molecular weight is 540 g/mol. The zero-order valence-corrected chi connectivity index (χ0v) is 21.7. The number of hydrogen-bond donors (Lipinski definition) is 4. The molecular weight excluding hydrogens is 510 g/mol. The molecule has 9 heteroatoms. The number of fused-ring (bicyclic) bond motifs is 1. The number of ether oxygens (including phenoxy) is 1. The molecular formula is C29H30ClNO7. The molecule has 4 N–H and O–H groups in total. The fourth-order valence-electron chi connectivity index (χ4n) is 4.80. The maximum absolute atomic E-state index is 14.0. The summed E-state index contributed by atoms with van der Waals surface area (Å²) in [7, 11) is 0. The molecule has 0 aromatic heterocycles. The van der Waals surface area contributed by atoms with Crippen LogP contribution in [-0.2, 0) is 22.4 Å². The monoisotopic (exact) mass is 539 g/mol. The van der Waals surface area contributed by atoms with Gasteiger partial charge in [0.1, 0.15) is 6.04 Å². The highest BCUT2D eigenvalue weighted by molar-refractivity contribution is 6.33. The Hall–Kier alpha value is -3.91. The van der Waals surface area contributed by atoms with Crippen molar-refractivity contribution in [2.24, 2.45) is 0 Å². The van der Waals surface area contributed by atoms with Gasteiger partial charge in [0.15, 0.2) is 23.0 Å². The fourth-order valence-corrected chi connectivity index (χ4v) is 5.02. The molecule has 2 atom stereocenters. The number of phenols is 4. The van der Waals surface area contributed by atoms with E-state index in [2.05, 4.69) is 0 Å². The minimum Gasteiger partial charge on any atom is -0.504 e. The minimum absolute atomic E-state index is 0.0588. The van der Waals surface area contributed by atoms with Gasteiger partial charge in [0.2, 0.25) is 0 Å². The number of benzene rings is 3. The van der Waals surface area contributed by atoms with E-state index in [0.717, 1.165) is 12.8 Å². The topological polar surface area (TPSA) is 128 Å². The highest BCUT2D eigenvalue weighted by atomic mass is 35.5. The Morgan fingerprint density at radius 1 is 0.947 bits per heavy atom. The van der Waals surface area contributed by atoms with Crippen LogP contribution < -0.4 is 0 Å². The summed E-state index contributed by atoms with van der Waals surface area (Å²) in [4.78, 5) is 28.9. The van der Waals surface area contributed by atoms with Crippen molar-refractivity contribution in [3.63, 3.8) is 0 Å². The summed E-state index contributed by atoms with van der Waals surface area (Å²) in [6.45, 7) is 2.25. The molecule has 0 radical (unpaired) electrons. The van der Waals surface area contributed by atoms with E-state index in [1.54, 1.807) is 30.3 Å². The summed E-state index contributed by atoms with van der Waals surface area (Å²) in [6, 6.07) is 11.8. The van der Waals surface area contributed by atoms with E-state index >= 15 is 0 Å².